The van der Waals surface area contributed by atoms with Crippen LogP contribution in [-0.2, 0) is 16.1 Å². The average molecular weight is 289 g/mol. The van der Waals surface area contributed by atoms with E-state index in [0.717, 1.165) is 12.0 Å². The van der Waals surface area contributed by atoms with Crippen LogP contribution in [0.25, 0.3) is 11.4 Å². The maximum absolute atomic E-state index is 11.1. The highest BCUT2D eigenvalue weighted by Crippen LogP contribution is 2.14. The maximum Gasteiger partial charge on any atom is 0.305 e. The molecule has 0 spiro atoms. The molecule has 0 fully saturated rings. The number of nitrogens with zero attached hydrogens (tertiary/aromatic N) is 2. The lowest BCUT2D eigenvalue weighted by Gasteiger charge is -2.02. The van der Waals surface area contributed by atoms with Gasteiger partial charge < -0.3 is 14.6 Å². The number of nitrogens with one attached hydrogen (secondary N) is 1. The lowest BCUT2D eigenvalue weighted by Crippen LogP contribution is -2.16. The highest BCUT2D eigenvalue weighted by Gasteiger charge is 2.07. The summed E-state index contributed by atoms with van der Waals surface area (Å²) in [5, 5.41) is 7.10. The third-order valence-electron chi connectivity index (χ3n) is 2.82. The van der Waals surface area contributed by atoms with Gasteiger partial charge in [0.15, 0.2) is 0 Å². The van der Waals surface area contributed by atoms with Crippen molar-refractivity contribution in [3.63, 3.8) is 0 Å². The number of hydrogen-bond acceptors (Lipinski definition) is 6. The first-order valence-corrected chi connectivity index (χ1v) is 7.04. The fraction of sp³-hybridized carbons (Fsp3) is 0.400. The van der Waals surface area contributed by atoms with Crippen LogP contribution in [0.4, 0.5) is 0 Å². The van der Waals surface area contributed by atoms with Gasteiger partial charge >= 0.3 is 5.97 Å². The van der Waals surface area contributed by atoms with Gasteiger partial charge in [0, 0.05) is 12.0 Å². The number of hydrogen-bond donors (Lipinski definition) is 1. The molecule has 6 heteroatoms. The highest BCUT2D eigenvalue weighted by molar-refractivity contribution is 5.69. The number of ether oxygens (including phenoxy) is 1. The first kappa shape index (κ1) is 15.2. The summed E-state index contributed by atoms with van der Waals surface area (Å²) in [5.41, 5.74) is 0.926. The van der Waals surface area contributed by atoms with E-state index in [4.69, 9.17) is 9.26 Å². The van der Waals surface area contributed by atoms with Crippen LogP contribution in [-0.4, -0.2) is 29.3 Å². The molecule has 0 amide bonds. The van der Waals surface area contributed by atoms with Crippen molar-refractivity contribution in [3.05, 3.63) is 36.2 Å². The number of esters is 1. The molecular weight excluding hydrogens is 270 g/mol. The minimum Gasteiger partial charge on any atom is -0.466 e. The molecule has 2 rings (SSSR count). The predicted octanol–water partition coefficient (Wildman–Crippen LogP) is 2.17. The number of benzene rings is 1. The maximum atomic E-state index is 11.1. The second-order valence-corrected chi connectivity index (χ2v) is 4.46. The van der Waals surface area contributed by atoms with Crippen molar-refractivity contribution < 1.29 is 14.1 Å². The van der Waals surface area contributed by atoms with Gasteiger partial charge in [0.25, 0.3) is 0 Å². The first-order valence-electron chi connectivity index (χ1n) is 7.04. The standard InChI is InChI=1S/C15H19N3O3/c1-2-20-14(19)9-6-10-16-11-13-17-15(18-21-13)12-7-4-3-5-8-12/h3-5,7-8,16H,2,6,9-11H2,1H3. The second-order valence-electron chi connectivity index (χ2n) is 4.46. The molecule has 1 aromatic heterocycles. The van der Waals surface area contributed by atoms with Crippen LogP contribution in [0, 0.1) is 0 Å². The van der Waals surface area contributed by atoms with E-state index >= 15 is 0 Å². The van der Waals surface area contributed by atoms with Crippen LogP contribution >= 0.6 is 0 Å². The Morgan fingerprint density at radius 1 is 1.33 bits per heavy atom. The first-order chi connectivity index (χ1) is 10.3. The van der Waals surface area contributed by atoms with Crippen LogP contribution in [0.5, 0.6) is 0 Å². The average Bonchev–Trinajstić information content (AvgIpc) is 2.97. The van der Waals surface area contributed by atoms with E-state index in [1.54, 1.807) is 6.92 Å². The van der Waals surface area contributed by atoms with E-state index in [1.165, 1.54) is 0 Å². The van der Waals surface area contributed by atoms with Crippen LogP contribution < -0.4 is 5.32 Å². The van der Waals surface area contributed by atoms with Crippen molar-refractivity contribution in [2.75, 3.05) is 13.2 Å². The van der Waals surface area contributed by atoms with Crippen LogP contribution in [0.3, 0.4) is 0 Å². The van der Waals surface area contributed by atoms with Gasteiger partial charge in [0.1, 0.15) is 0 Å². The van der Waals surface area contributed by atoms with Gasteiger partial charge in [0.05, 0.1) is 13.2 Å². The lowest BCUT2D eigenvalue weighted by molar-refractivity contribution is -0.143. The van der Waals surface area contributed by atoms with Gasteiger partial charge in [-0.05, 0) is 19.9 Å². The van der Waals surface area contributed by atoms with Gasteiger partial charge in [-0.25, -0.2) is 0 Å². The van der Waals surface area contributed by atoms with Gasteiger partial charge in [0.2, 0.25) is 11.7 Å². The molecule has 21 heavy (non-hydrogen) atoms. The third-order valence-corrected chi connectivity index (χ3v) is 2.82. The molecule has 112 valence electrons. The summed E-state index contributed by atoms with van der Waals surface area (Å²) in [6, 6.07) is 9.66. The fourth-order valence-electron chi connectivity index (χ4n) is 1.82. The zero-order chi connectivity index (χ0) is 14.9. The summed E-state index contributed by atoms with van der Waals surface area (Å²) in [7, 11) is 0. The normalized spacial score (nSPS) is 10.5. The molecule has 6 nitrogen and oxygen atoms in total. The second kappa shape index (κ2) is 8.16. The topological polar surface area (TPSA) is 77.2 Å². The Balaban J connectivity index is 1.70. The number of aromatic nitrogens is 2. The molecule has 0 unspecified atom stereocenters. The molecule has 0 aliphatic carbocycles. The Labute approximate surface area is 123 Å². The number of carbonyl (C=O) groups is 1. The van der Waals surface area contributed by atoms with E-state index < -0.39 is 0 Å². The predicted molar refractivity (Wildman–Crippen MR) is 77.3 cm³/mol. The Bertz CT molecular complexity index is 554. The fourth-order valence-corrected chi connectivity index (χ4v) is 1.82. The Morgan fingerprint density at radius 3 is 2.90 bits per heavy atom. The smallest absolute Gasteiger partial charge is 0.305 e. The zero-order valence-electron chi connectivity index (χ0n) is 12.0. The molecule has 1 N–H and O–H groups in total. The van der Waals surface area contributed by atoms with Crippen molar-refractivity contribution in [2.24, 2.45) is 0 Å². The minimum atomic E-state index is -0.163. The summed E-state index contributed by atoms with van der Waals surface area (Å²) in [6.07, 6.45) is 1.14. The van der Waals surface area contributed by atoms with E-state index in [-0.39, 0.29) is 5.97 Å². The summed E-state index contributed by atoms with van der Waals surface area (Å²) < 4.78 is 10.0. The summed E-state index contributed by atoms with van der Waals surface area (Å²) in [6.45, 7) is 3.41. The summed E-state index contributed by atoms with van der Waals surface area (Å²) in [5.74, 6) is 0.951. The molecule has 0 bridgehead atoms. The van der Waals surface area contributed by atoms with E-state index in [0.29, 0.717) is 37.8 Å². The minimum absolute atomic E-state index is 0.163. The molecule has 2 aromatic rings. The Hall–Kier alpha value is -2.21. The Kier molecular flexibility index (Phi) is 5.90. The molecular formula is C15H19N3O3. The summed E-state index contributed by atoms with van der Waals surface area (Å²) >= 11 is 0. The van der Waals surface area contributed by atoms with E-state index in [1.807, 2.05) is 30.3 Å². The molecule has 0 aliphatic rings. The monoisotopic (exact) mass is 289 g/mol. The van der Waals surface area contributed by atoms with Crippen molar-refractivity contribution >= 4 is 5.97 Å². The number of carbonyl (C=O) groups excluding carboxylic acids is 1. The van der Waals surface area contributed by atoms with Crippen LogP contribution in [0.1, 0.15) is 25.7 Å². The van der Waals surface area contributed by atoms with E-state index in [2.05, 4.69) is 15.5 Å². The van der Waals surface area contributed by atoms with Gasteiger partial charge in [-0.3, -0.25) is 4.79 Å². The zero-order valence-corrected chi connectivity index (χ0v) is 12.0. The molecule has 0 saturated carbocycles. The molecule has 0 saturated heterocycles. The summed E-state index contributed by atoms with van der Waals surface area (Å²) in [4.78, 5) is 15.5. The SMILES string of the molecule is CCOC(=O)CCCNCc1nc(-c2ccccc2)no1. The van der Waals surface area contributed by atoms with Crippen molar-refractivity contribution in [1.82, 2.24) is 15.5 Å². The largest absolute Gasteiger partial charge is 0.466 e. The van der Waals surface area contributed by atoms with Gasteiger partial charge in [-0.1, -0.05) is 35.5 Å². The Morgan fingerprint density at radius 2 is 2.14 bits per heavy atom. The van der Waals surface area contributed by atoms with Gasteiger partial charge in [-0.15, -0.1) is 0 Å². The highest BCUT2D eigenvalue weighted by atomic mass is 16.5. The molecule has 0 radical (unpaired) electrons. The molecule has 0 aliphatic heterocycles. The molecule has 1 aromatic carbocycles. The number of rotatable bonds is 8. The van der Waals surface area contributed by atoms with Crippen LogP contribution in [0.15, 0.2) is 34.9 Å². The van der Waals surface area contributed by atoms with Crippen molar-refractivity contribution in [1.29, 1.82) is 0 Å². The van der Waals surface area contributed by atoms with Gasteiger partial charge in [-0.2, -0.15) is 4.98 Å². The quantitative estimate of drug-likeness (QED) is 0.593. The van der Waals surface area contributed by atoms with E-state index in [9.17, 15) is 4.79 Å². The van der Waals surface area contributed by atoms with Crippen molar-refractivity contribution in [2.45, 2.75) is 26.3 Å². The van der Waals surface area contributed by atoms with Crippen molar-refractivity contribution in [3.8, 4) is 11.4 Å². The third kappa shape index (κ3) is 5.00. The van der Waals surface area contributed by atoms with Crippen LogP contribution in [0.2, 0.25) is 0 Å². The molecule has 1 heterocycles. The molecule has 0 atom stereocenters. The lowest BCUT2D eigenvalue weighted by atomic mass is 10.2.